The average Bonchev–Trinajstić information content (AvgIpc) is 2.44. The summed E-state index contributed by atoms with van der Waals surface area (Å²) in [5.74, 6) is 1.25. The van der Waals surface area contributed by atoms with Gasteiger partial charge in [-0.05, 0) is 36.3 Å². The number of carbonyl (C=O) groups is 1. The molecule has 10 heavy (non-hydrogen) atoms. The minimum Gasteiger partial charge on any atom is -0.281 e. The Kier molecular flexibility index (Phi) is 1.34. The first-order valence-corrected chi connectivity index (χ1v) is 4.03. The van der Waals surface area contributed by atoms with Crippen LogP contribution in [0.3, 0.4) is 0 Å². The molecule has 0 saturated heterocycles. The van der Waals surface area contributed by atoms with Gasteiger partial charge >= 0.3 is 0 Å². The number of rotatable bonds is 1. The second kappa shape index (κ2) is 2.09. The summed E-state index contributed by atoms with van der Waals surface area (Å²) in [6, 6.07) is 0. The maximum atomic E-state index is 10.8. The molecule has 0 spiro atoms. The standard InChI is InChI=1S/C8H9ClO/c9-8(10)7-4-5-1-2-6(7)3-5/h1-2,5-7H,3-4H2/t5-,6+,7+/m1/s1. The minimum absolute atomic E-state index is 0.136. The summed E-state index contributed by atoms with van der Waals surface area (Å²) < 4.78 is 0. The van der Waals surface area contributed by atoms with Crippen molar-refractivity contribution in [3.63, 3.8) is 0 Å². The predicted molar refractivity (Wildman–Crippen MR) is 39.7 cm³/mol. The van der Waals surface area contributed by atoms with Crippen LogP contribution in [-0.2, 0) is 4.79 Å². The van der Waals surface area contributed by atoms with E-state index in [0.29, 0.717) is 11.8 Å². The summed E-state index contributed by atoms with van der Waals surface area (Å²) in [4.78, 5) is 10.8. The number of hydrogen-bond acceptors (Lipinski definition) is 1. The predicted octanol–water partition coefficient (Wildman–Crippen LogP) is 1.96. The Morgan fingerprint density at radius 1 is 1.40 bits per heavy atom. The molecule has 2 aliphatic carbocycles. The van der Waals surface area contributed by atoms with Gasteiger partial charge in [0.1, 0.15) is 0 Å². The fourth-order valence-electron chi connectivity index (χ4n) is 2.04. The summed E-state index contributed by atoms with van der Waals surface area (Å²) in [6.07, 6.45) is 6.49. The van der Waals surface area contributed by atoms with Gasteiger partial charge in [-0.25, -0.2) is 0 Å². The Labute approximate surface area is 65.1 Å². The molecule has 0 aromatic rings. The Morgan fingerprint density at radius 3 is 2.50 bits per heavy atom. The van der Waals surface area contributed by atoms with Crippen LogP contribution in [0.25, 0.3) is 0 Å². The van der Waals surface area contributed by atoms with Crippen LogP contribution >= 0.6 is 11.6 Å². The zero-order valence-electron chi connectivity index (χ0n) is 5.59. The fraction of sp³-hybridized carbons (Fsp3) is 0.625. The van der Waals surface area contributed by atoms with Gasteiger partial charge < -0.3 is 0 Å². The van der Waals surface area contributed by atoms with Crippen molar-refractivity contribution >= 4 is 16.8 Å². The van der Waals surface area contributed by atoms with E-state index in [2.05, 4.69) is 12.2 Å². The Bertz CT molecular complexity index is 197. The van der Waals surface area contributed by atoms with Crippen LogP contribution in [0.4, 0.5) is 0 Å². The molecule has 0 N–H and O–H groups in total. The van der Waals surface area contributed by atoms with Crippen molar-refractivity contribution in [1.29, 1.82) is 0 Å². The quantitative estimate of drug-likeness (QED) is 0.419. The van der Waals surface area contributed by atoms with Crippen LogP contribution in [0.1, 0.15) is 12.8 Å². The van der Waals surface area contributed by atoms with E-state index in [1.165, 1.54) is 0 Å². The summed E-state index contributed by atoms with van der Waals surface area (Å²) >= 11 is 5.41. The van der Waals surface area contributed by atoms with Crippen molar-refractivity contribution < 1.29 is 4.79 Å². The molecule has 3 atom stereocenters. The van der Waals surface area contributed by atoms with Gasteiger partial charge in [-0.2, -0.15) is 0 Å². The first-order valence-electron chi connectivity index (χ1n) is 3.65. The van der Waals surface area contributed by atoms with E-state index in [1.54, 1.807) is 0 Å². The van der Waals surface area contributed by atoms with E-state index >= 15 is 0 Å². The number of halogens is 1. The molecule has 54 valence electrons. The van der Waals surface area contributed by atoms with Gasteiger partial charge in [0.05, 0.1) is 0 Å². The van der Waals surface area contributed by atoms with Gasteiger partial charge in [0.15, 0.2) is 0 Å². The molecule has 2 rings (SSSR count). The van der Waals surface area contributed by atoms with E-state index in [1.807, 2.05) is 0 Å². The molecule has 0 amide bonds. The molecule has 2 bridgehead atoms. The highest BCUT2D eigenvalue weighted by Gasteiger charge is 2.38. The van der Waals surface area contributed by atoms with Crippen molar-refractivity contribution in [3.8, 4) is 0 Å². The van der Waals surface area contributed by atoms with E-state index in [0.717, 1.165) is 12.8 Å². The average molecular weight is 157 g/mol. The maximum Gasteiger partial charge on any atom is 0.225 e. The van der Waals surface area contributed by atoms with Crippen LogP contribution in [0.5, 0.6) is 0 Å². The zero-order valence-corrected chi connectivity index (χ0v) is 6.34. The number of allylic oxidation sites excluding steroid dienone is 2. The lowest BCUT2D eigenvalue weighted by Gasteiger charge is -2.11. The molecular formula is C8H9ClO. The molecule has 1 nitrogen and oxygen atoms in total. The molecule has 2 heteroatoms. The van der Waals surface area contributed by atoms with E-state index < -0.39 is 0 Å². The molecule has 1 fully saturated rings. The van der Waals surface area contributed by atoms with E-state index in [-0.39, 0.29) is 11.2 Å². The lowest BCUT2D eigenvalue weighted by atomic mass is 9.95. The van der Waals surface area contributed by atoms with Crippen LogP contribution in [0.2, 0.25) is 0 Å². The molecule has 1 saturated carbocycles. The van der Waals surface area contributed by atoms with Gasteiger partial charge in [-0.3, -0.25) is 4.79 Å². The molecule has 0 aromatic heterocycles. The maximum absolute atomic E-state index is 10.8. The minimum atomic E-state index is -0.142. The molecule has 0 unspecified atom stereocenters. The van der Waals surface area contributed by atoms with Crippen molar-refractivity contribution in [1.82, 2.24) is 0 Å². The molecule has 0 heterocycles. The van der Waals surface area contributed by atoms with Crippen molar-refractivity contribution in [2.24, 2.45) is 17.8 Å². The third-order valence-corrected chi connectivity index (χ3v) is 2.85. The summed E-state index contributed by atoms with van der Waals surface area (Å²) in [6.45, 7) is 0. The van der Waals surface area contributed by atoms with Crippen LogP contribution in [-0.4, -0.2) is 5.24 Å². The summed E-state index contributed by atoms with van der Waals surface area (Å²) in [7, 11) is 0. The Hall–Kier alpha value is -0.300. The van der Waals surface area contributed by atoms with Crippen molar-refractivity contribution in [2.75, 3.05) is 0 Å². The first kappa shape index (κ1) is 6.41. The Balaban J connectivity index is 2.16. The smallest absolute Gasteiger partial charge is 0.225 e. The normalized spacial score (nSPS) is 42.7. The molecule has 0 aromatic carbocycles. The van der Waals surface area contributed by atoms with Gasteiger partial charge in [0, 0.05) is 5.92 Å². The summed E-state index contributed by atoms with van der Waals surface area (Å²) in [5.41, 5.74) is 0. The molecular weight excluding hydrogens is 148 g/mol. The lowest BCUT2D eigenvalue weighted by molar-refractivity contribution is -0.115. The SMILES string of the molecule is O=C(Cl)[C@H]1C[C@@H]2C=C[C@H]1C2. The highest BCUT2D eigenvalue weighted by atomic mass is 35.5. The van der Waals surface area contributed by atoms with Gasteiger partial charge in [-0.15, -0.1) is 0 Å². The topological polar surface area (TPSA) is 17.1 Å². The second-order valence-corrected chi connectivity index (χ2v) is 3.56. The summed E-state index contributed by atoms with van der Waals surface area (Å²) in [5, 5.41) is -0.142. The van der Waals surface area contributed by atoms with E-state index in [9.17, 15) is 4.79 Å². The monoisotopic (exact) mass is 156 g/mol. The van der Waals surface area contributed by atoms with Crippen LogP contribution in [0.15, 0.2) is 12.2 Å². The Morgan fingerprint density at radius 2 is 2.20 bits per heavy atom. The molecule has 0 radical (unpaired) electrons. The third kappa shape index (κ3) is 0.807. The zero-order chi connectivity index (χ0) is 7.14. The highest BCUT2D eigenvalue weighted by Crippen LogP contribution is 2.44. The third-order valence-electron chi connectivity index (χ3n) is 2.57. The number of carbonyl (C=O) groups excluding carboxylic acids is 1. The fourth-order valence-corrected chi connectivity index (χ4v) is 2.29. The highest BCUT2D eigenvalue weighted by molar-refractivity contribution is 6.64. The van der Waals surface area contributed by atoms with Gasteiger partial charge in [0.2, 0.25) is 5.24 Å². The van der Waals surface area contributed by atoms with Crippen molar-refractivity contribution in [3.05, 3.63) is 12.2 Å². The lowest BCUT2D eigenvalue weighted by Crippen LogP contribution is -2.13. The number of fused-ring (bicyclic) bond motifs is 2. The largest absolute Gasteiger partial charge is 0.281 e. The molecule has 2 aliphatic rings. The number of hydrogen-bond donors (Lipinski definition) is 0. The van der Waals surface area contributed by atoms with Crippen LogP contribution in [0, 0.1) is 17.8 Å². The van der Waals surface area contributed by atoms with Crippen molar-refractivity contribution in [2.45, 2.75) is 12.8 Å². The second-order valence-electron chi connectivity index (χ2n) is 3.19. The van der Waals surface area contributed by atoms with E-state index in [4.69, 9.17) is 11.6 Å². The van der Waals surface area contributed by atoms with Crippen LogP contribution < -0.4 is 0 Å². The first-order chi connectivity index (χ1) is 4.77. The van der Waals surface area contributed by atoms with Gasteiger partial charge in [0.25, 0.3) is 0 Å². The molecule has 0 aliphatic heterocycles. The van der Waals surface area contributed by atoms with Gasteiger partial charge in [-0.1, -0.05) is 12.2 Å².